The van der Waals surface area contributed by atoms with Gasteiger partial charge in [-0.25, -0.2) is 13.2 Å². The smallest absolute Gasteiger partial charge is 0.207 e. The van der Waals surface area contributed by atoms with Crippen LogP contribution in [0.4, 0.5) is 26.3 Å². The van der Waals surface area contributed by atoms with E-state index >= 15 is 4.39 Å². The van der Waals surface area contributed by atoms with E-state index < -0.39 is 36.0 Å². The first-order valence-electron chi connectivity index (χ1n) is 11.0. The Balaban J connectivity index is 2.40. The Bertz CT molecular complexity index is 1090. The average Bonchev–Trinajstić information content (AvgIpc) is 2.79. The van der Waals surface area contributed by atoms with Crippen LogP contribution >= 0.6 is 46.6 Å². The average molecular weight is 590 g/mol. The zero-order valence-electron chi connectivity index (χ0n) is 19.6. The summed E-state index contributed by atoms with van der Waals surface area (Å²) < 4.78 is 82.3. The second kappa shape index (κ2) is 13.0. The predicted octanol–water partition coefficient (Wildman–Crippen LogP) is 11.0. The highest BCUT2D eigenvalue weighted by atomic mass is 35.5. The summed E-state index contributed by atoms with van der Waals surface area (Å²) in [4.78, 5) is 0. The van der Waals surface area contributed by atoms with Crippen molar-refractivity contribution in [2.24, 2.45) is 0 Å². The topological polar surface area (TPSA) is 0 Å². The molecular formula is C26H25Cl3F6S. The second-order valence-electron chi connectivity index (χ2n) is 8.33. The molecule has 0 aromatic heterocycles. The Morgan fingerprint density at radius 1 is 1.06 bits per heavy atom. The number of benzene rings is 2. The summed E-state index contributed by atoms with van der Waals surface area (Å²) in [6.07, 6.45) is -3.16. The Labute approximate surface area is 226 Å². The number of hydrogen-bond acceptors (Lipinski definition) is 1. The molecule has 0 aliphatic heterocycles. The van der Waals surface area contributed by atoms with Gasteiger partial charge in [0.05, 0.1) is 26.7 Å². The zero-order chi connectivity index (χ0) is 27.3. The number of halogens is 9. The molecule has 0 heterocycles. The van der Waals surface area contributed by atoms with Crippen molar-refractivity contribution in [3.8, 4) is 0 Å². The van der Waals surface area contributed by atoms with Crippen molar-refractivity contribution < 1.29 is 26.3 Å². The van der Waals surface area contributed by atoms with Crippen LogP contribution in [0, 0.1) is 0 Å². The van der Waals surface area contributed by atoms with E-state index in [0.717, 1.165) is 23.4 Å². The Morgan fingerprint density at radius 3 is 2.19 bits per heavy atom. The lowest BCUT2D eigenvalue weighted by atomic mass is 9.89. The van der Waals surface area contributed by atoms with Gasteiger partial charge in [-0.3, -0.25) is 0 Å². The maximum absolute atomic E-state index is 15.4. The SMILES string of the molecule is C=C(C)c1ccc(/C(F)=C/C(c2cc(Cl)c(Cl)c(Cl)c2)C(F)(F)CC)cc1CCCSCC(F)(F)F. The molecule has 0 N–H and O–H groups in total. The van der Waals surface area contributed by atoms with Crippen LogP contribution in [0.1, 0.15) is 54.9 Å². The van der Waals surface area contributed by atoms with Crippen LogP contribution in [0.15, 0.2) is 43.0 Å². The zero-order valence-corrected chi connectivity index (χ0v) is 22.7. The molecule has 36 heavy (non-hydrogen) atoms. The van der Waals surface area contributed by atoms with Crippen molar-refractivity contribution in [2.45, 2.75) is 51.1 Å². The summed E-state index contributed by atoms with van der Waals surface area (Å²) in [5.41, 5.74) is 2.19. The summed E-state index contributed by atoms with van der Waals surface area (Å²) in [6, 6.07) is 7.09. The Hall–Kier alpha value is -1.28. The number of hydrogen-bond donors (Lipinski definition) is 0. The molecule has 0 radical (unpaired) electrons. The molecule has 1 unspecified atom stereocenters. The van der Waals surface area contributed by atoms with Gasteiger partial charge in [0.15, 0.2) is 0 Å². The highest BCUT2D eigenvalue weighted by molar-refractivity contribution is 7.99. The Morgan fingerprint density at radius 2 is 1.67 bits per heavy atom. The molecule has 0 fully saturated rings. The molecule has 0 bridgehead atoms. The molecule has 1 atom stereocenters. The largest absolute Gasteiger partial charge is 0.397 e. The van der Waals surface area contributed by atoms with Gasteiger partial charge in [-0.1, -0.05) is 66.0 Å². The molecule has 2 aromatic rings. The van der Waals surface area contributed by atoms with Crippen LogP contribution in [0.3, 0.4) is 0 Å². The fourth-order valence-corrected chi connectivity index (χ4v) is 4.93. The Kier molecular flexibility index (Phi) is 11.2. The van der Waals surface area contributed by atoms with E-state index in [9.17, 15) is 22.0 Å². The summed E-state index contributed by atoms with van der Waals surface area (Å²) >= 11 is 18.8. The molecule has 0 nitrogen and oxygen atoms in total. The number of aryl methyl sites for hydroxylation is 1. The number of thioether (sulfide) groups is 1. The van der Waals surface area contributed by atoms with E-state index in [1.807, 2.05) is 0 Å². The van der Waals surface area contributed by atoms with E-state index in [-0.39, 0.29) is 31.9 Å². The van der Waals surface area contributed by atoms with Crippen LogP contribution in [0.25, 0.3) is 11.4 Å². The lowest BCUT2D eigenvalue weighted by Gasteiger charge is -2.24. The molecule has 0 amide bonds. The first-order valence-corrected chi connectivity index (χ1v) is 13.3. The number of rotatable bonds is 11. The third-order valence-electron chi connectivity index (χ3n) is 5.45. The summed E-state index contributed by atoms with van der Waals surface area (Å²) in [6.45, 7) is 6.94. The maximum atomic E-state index is 15.4. The lowest BCUT2D eigenvalue weighted by Crippen LogP contribution is -2.24. The van der Waals surface area contributed by atoms with Crippen molar-refractivity contribution in [2.75, 3.05) is 11.5 Å². The fraction of sp³-hybridized carbons (Fsp3) is 0.385. The molecule has 0 saturated carbocycles. The molecule has 2 rings (SSSR count). The van der Waals surface area contributed by atoms with Gasteiger partial charge in [-0.15, -0.1) is 0 Å². The monoisotopic (exact) mass is 588 g/mol. The van der Waals surface area contributed by atoms with Crippen molar-refractivity contribution >= 4 is 58.0 Å². The van der Waals surface area contributed by atoms with Crippen molar-refractivity contribution in [3.05, 3.63) is 80.3 Å². The van der Waals surface area contributed by atoms with Gasteiger partial charge in [-0.2, -0.15) is 24.9 Å². The standard InChI is InChI=1S/C26H25Cl3F6S/c1-4-25(31,32)20(18-11-21(27)24(29)22(28)12-18)13-23(30)17-7-8-19(15(2)3)16(10-17)6-5-9-36-14-26(33,34)35/h7-8,10-13,20H,2,4-6,9,14H2,1,3H3/b23-13-. The second-order valence-corrected chi connectivity index (χ2v) is 10.6. The lowest BCUT2D eigenvalue weighted by molar-refractivity contribution is -0.105. The number of allylic oxidation sites excluding steroid dienone is 2. The van der Waals surface area contributed by atoms with Gasteiger partial charge in [0.25, 0.3) is 5.92 Å². The van der Waals surface area contributed by atoms with Crippen molar-refractivity contribution in [1.29, 1.82) is 0 Å². The van der Waals surface area contributed by atoms with E-state index in [4.69, 9.17) is 34.8 Å². The highest BCUT2D eigenvalue weighted by Crippen LogP contribution is 2.43. The third-order valence-corrected chi connectivity index (χ3v) is 7.75. The van der Waals surface area contributed by atoms with Crippen LogP contribution < -0.4 is 0 Å². The van der Waals surface area contributed by atoms with Gasteiger partial charge in [0.2, 0.25) is 0 Å². The predicted molar refractivity (Wildman–Crippen MR) is 141 cm³/mol. The van der Waals surface area contributed by atoms with Crippen LogP contribution in [0.5, 0.6) is 0 Å². The van der Waals surface area contributed by atoms with Crippen LogP contribution in [-0.2, 0) is 6.42 Å². The van der Waals surface area contributed by atoms with E-state index in [1.54, 1.807) is 13.0 Å². The van der Waals surface area contributed by atoms with Gasteiger partial charge in [-0.05, 0) is 66.5 Å². The minimum Gasteiger partial charge on any atom is -0.207 e. The van der Waals surface area contributed by atoms with Gasteiger partial charge >= 0.3 is 6.18 Å². The number of alkyl halides is 5. The fourth-order valence-electron chi connectivity index (χ4n) is 3.60. The minimum absolute atomic E-state index is 0.0110. The third kappa shape index (κ3) is 8.64. The molecule has 198 valence electrons. The molecule has 10 heteroatoms. The molecule has 2 aromatic carbocycles. The molecule has 0 saturated heterocycles. The molecule has 0 aliphatic carbocycles. The van der Waals surface area contributed by atoms with Gasteiger partial charge < -0.3 is 0 Å². The quantitative estimate of drug-likeness (QED) is 0.143. The maximum Gasteiger partial charge on any atom is 0.397 e. The van der Waals surface area contributed by atoms with Crippen LogP contribution in [0.2, 0.25) is 15.1 Å². The highest BCUT2D eigenvalue weighted by Gasteiger charge is 2.38. The van der Waals surface area contributed by atoms with E-state index in [0.29, 0.717) is 24.0 Å². The molecule has 0 spiro atoms. The molecular weight excluding hydrogens is 565 g/mol. The summed E-state index contributed by atoms with van der Waals surface area (Å²) in [5.74, 6) is -6.54. The molecule has 0 aliphatic rings. The summed E-state index contributed by atoms with van der Waals surface area (Å²) in [7, 11) is 0. The normalized spacial score (nSPS) is 13.7. The van der Waals surface area contributed by atoms with E-state index in [1.165, 1.54) is 31.2 Å². The first-order chi connectivity index (χ1) is 16.7. The minimum atomic E-state index is -4.24. The first kappa shape index (κ1) is 30.9. The van der Waals surface area contributed by atoms with E-state index in [2.05, 4.69) is 6.58 Å². The summed E-state index contributed by atoms with van der Waals surface area (Å²) in [5, 5.41) is -0.0405. The van der Waals surface area contributed by atoms with Gasteiger partial charge in [0.1, 0.15) is 5.83 Å². The van der Waals surface area contributed by atoms with Gasteiger partial charge in [0, 0.05) is 12.0 Å². The van der Waals surface area contributed by atoms with Crippen molar-refractivity contribution in [1.82, 2.24) is 0 Å². The van der Waals surface area contributed by atoms with Crippen LogP contribution in [-0.4, -0.2) is 23.6 Å². The van der Waals surface area contributed by atoms with Crippen molar-refractivity contribution in [3.63, 3.8) is 0 Å².